The van der Waals surface area contributed by atoms with Crippen LogP contribution in [0, 0.1) is 5.41 Å². The van der Waals surface area contributed by atoms with Crippen molar-refractivity contribution in [1.29, 1.82) is 0 Å². The third kappa shape index (κ3) is 4.13. The number of alkyl halides is 3. The minimum Gasteiger partial charge on any atom is -0.442 e. The topological polar surface area (TPSA) is 50.8 Å². The maximum Gasteiger partial charge on any atom is 0.429 e. The van der Waals surface area contributed by atoms with E-state index in [9.17, 15) is 18.0 Å². The van der Waals surface area contributed by atoms with Crippen LogP contribution in [-0.4, -0.2) is 35.7 Å². The van der Waals surface area contributed by atoms with Crippen LogP contribution in [0.3, 0.4) is 0 Å². The van der Waals surface area contributed by atoms with Crippen LogP contribution in [0.5, 0.6) is 0 Å². The number of nitrogens with zero attached hydrogens (tertiary/aromatic N) is 1. The van der Waals surface area contributed by atoms with Crippen LogP contribution in [0.25, 0.3) is 0 Å². The highest BCUT2D eigenvalue weighted by atomic mass is 19.4. The van der Waals surface area contributed by atoms with Gasteiger partial charge in [-0.1, -0.05) is 0 Å². The minimum atomic E-state index is -4.17. The number of ether oxygens (including phenoxy) is 2. The number of hydrazine groups is 1. The molecule has 1 fully saturated rings. The van der Waals surface area contributed by atoms with Crippen molar-refractivity contribution in [3.63, 3.8) is 0 Å². The molecule has 1 saturated carbocycles. The lowest BCUT2D eigenvalue weighted by molar-refractivity contribution is -0.192. The number of nitrogens with one attached hydrogen (secondary N) is 1. The molecule has 1 aliphatic heterocycles. The van der Waals surface area contributed by atoms with Gasteiger partial charge >= 0.3 is 12.3 Å². The largest absolute Gasteiger partial charge is 0.442 e. The van der Waals surface area contributed by atoms with Crippen molar-refractivity contribution in [2.75, 3.05) is 6.61 Å². The summed E-state index contributed by atoms with van der Waals surface area (Å²) in [5.74, 6) is 0. The van der Waals surface area contributed by atoms with Gasteiger partial charge in [-0.2, -0.15) is 18.6 Å². The Bertz CT molecular complexity index is 453. The number of carbonyl (C=O) groups is 1. The fourth-order valence-electron chi connectivity index (χ4n) is 2.11. The molecular weight excluding hydrogens is 301 g/mol. The lowest BCUT2D eigenvalue weighted by atomic mass is 10.0. The van der Waals surface area contributed by atoms with E-state index in [-0.39, 0.29) is 25.9 Å². The van der Waals surface area contributed by atoms with E-state index in [1.807, 2.05) is 0 Å². The number of amides is 1. The van der Waals surface area contributed by atoms with E-state index in [1.54, 1.807) is 26.8 Å². The third-order valence-electron chi connectivity index (χ3n) is 3.60. The second-order valence-corrected chi connectivity index (χ2v) is 6.64. The van der Waals surface area contributed by atoms with Crippen molar-refractivity contribution in [3.05, 3.63) is 12.3 Å². The van der Waals surface area contributed by atoms with Crippen molar-refractivity contribution < 1.29 is 27.4 Å². The van der Waals surface area contributed by atoms with Crippen LogP contribution in [0.2, 0.25) is 0 Å². The lowest BCUT2D eigenvalue weighted by Crippen LogP contribution is -2.43. The molecule has 22 heavy (non-hydrogen) atoms. The molecule has 0 saturated heterocycles. The van der Waals surface area contributed by atoms with Crippen LogP contribution in [-0.2, 0) is 9.47 Å². The average molecular weight is 322 g/mol. The zero-order valence-electron chi connectivity index (χ0n) is 12.9. The first-order valence-corrected chi connectivity index (χ1v) is 7.18. The zero-order valence-corrected chi connectivity index (χ0v) is 12.9. The van der Waals surface area contributed by atoms with Crippen LogP contribution in [0.4, 0.5) is 18.0 Å². The van der Waals surface area contributed by atoms with E-state index < -0.39 is 29.5 Å². The van der Waals surface area contributed by atoms with Gasteiger partial charge in [-0.25, -0.2) is 9.80 Å². The molecule has 2 aliphatic rings. The van der Waals surface area contributed by atoms with Crippen LogP contribution < -0.4 is 5.43 Å². The van der Waals surface area contributed by atoms with Crippen molar-refractivity contribution in [2.24, 2.45) is 5.41 Å². The first kappa shape index (κ1) is 17.1. The van der Waals surface area contributed by atoms with Crippen LogP contribution in [0.15, 0.2) is 12.3 Å². The number of carbonyl (C=O) groups excluding carboxylic acids is 1. The molecule has 1 aliphatic carbocycles. The van der Waals surface area contributed by atoms with E-state index in [4.69, 9.17) is 9.47 Å². The fourth-order valence-corrected chi connectivity index (χ4v) is 2.11. The molecule has 126 valence electrons. The second-order valence-electron chi connectivity index (χ2n) is 6.64. The Balaban J connectivity index is 1.72. The van der Waals surface area contributed by atoms with Crippen molar-refractivity contribution >= 4 is 6.09 Å². The molecule has 1 N–H and O–H groups in total. The second kappa shape index (κ2) is 5.73. The number of hydrogen-bond acceptors (Lipinski definition) is 4. The smallest absolute Gasteiger partial charge is 0.429 e. The normalized spacial score (nSPS) is 23.7. The monoisotopic (exact) mass is 322 g/mol. The molecule has 0 aromatic carbocycles. The standard InChI is InChI=1S/C14H21F3N2O3/c1-12(2,3)22-11(20)19-8-4-10(18-19)21-9-7-13(5-6-13)14(15,16)17/h4,8,10,18H,5-7,9H2,1-3H3. The number of rotatable bonds is 4. The highest BCUT2D eigenvalue weighted by molar-refractivity contribution is 5.69. The molecule has 2 rings (SSSR count). The van der Waals surface area contributed by atoms with E-state index >= 15 is 0 Å². The molecule has 0 bridgehead atoms. The number of hydrogen-bond donors (Lipinski definition) is 1. The zero-order chi connectivity index (χ0) is 16.6. The maximum atomic E-state index is 12.8. The molecule has 5 nitrogen and oxygen atoms in total. The van der Waals surface area contributed by atoms with Gasteiger partial charge < -0.3 is 9.47 Å². The Morgan fingerprint density at radius 1 is 1.36 bits per heavy atom. The van der Waals surface area contributed by atoms with Crippen molar-refractivity contribution in [1.82, 2.24) is 10.4 Å². The summed E-state index contributed by atoms with van der Waals surface area (Å²) in [7, 11) is 0. The summed E-state index contributed by atoms with van der Waals surface area (Å²) in [4.78, 5) is 11.8. The van der Waals surface area contributed by atoms with Gasteiger partial charge in [0.1, 0.15) is 11.8 Å². The van der Waals surface area contributed by atoms with Crippen molar-refractivity contribution in [3.8, 4) is 0 Å². The van der Waals surface area contributed by atoms with E-state index in [1.165, 1.54) is 6.20 Å². The van der Waals surface area contributed by atoms with E-state index in [2.05, 4.69) is 5.43 Å². The summed E-state index contributed by atoms with van der Waals surface area (Å²) < 4.78 is 48.8. The third-order valence-corrected chi connectivity index (χ3v) is 3.60. The summed E-state index contributed by atoms with van der Waals surface area (Å²) in [6.07, 6.45) is -2.13. The first-order valence-electron chi connectivity index (χ1n) is 7.18. The highest BCUT2D eigenvalue weighted by Crippen LogP contribution is 2.59. The molecule has 0 radical (unpaired) electrons. The Labute approximate surface area is 127 Å². The molecule has 1 unspecified atom stereocenters. The maximum absolute atomic E-state index is 12.8. The Morgan fingerprint density at radius 2 is 2.00 bits per heavy atom. The fraction of sp³-hybridized carbons (Fsp3) is 0.786. The van der Waals surface area contributed by atoms with Crippen LogP contribution in [0.1, 0.15) is 40.0 Å². The summed E-state index contributed by atoms with van der Waals surface area (Å²) in [5.41, 5.74) is 0.505. The molecule has 0 aromatic rings. The predicted molar refractivity (Wildman–Crippen MR) is 72.4 cm³/mol. The van der Waals surface area contributed by atoms with Gasteiger partial charge in [0, 0.05) is 12.8 Å². The van der Waals surface area contributed by atoms with Crippen molar-refractivity contribution in [2.45, 2.75) is 58.0 Å². The summed E-state index contributed by atoms with van der Waals surface area (Å²) >= 11 is 0. The Hall–Kier alpha value is -1.28. The van der Waals surface area contributed by atoms with E-state index in [0.29, 0.717) is 0 Å². The molecule has 0 spiro atoms. The Kier molecular flexibility index (Phi) is 4.45. The molecular formula is C14H21F3N2O3. The SMILES string of the molecule is CC(C)(C)OC(=O)N1C=CC(OCCC2(C(F)(F)F)CC2)N1. The van der Waals surface area contributed by atoms with Gasteiger partial charge in [0.2, 0.25) is 0 Å². The Morgan fingerprint density at radius 3 is 2.50 bits per heavy atom. The summed E-state index contributed by atoms with van der Waals surface area (Å²) in [6.45, 7) is 5.20. The average Bonchev–Trinajstić information content (AvgIpc) is 2.98. The van der Waals surface area contributed by atoms with Gasteiger partial charge in [0.05, 0.1) is 5.41 Å². The van der Waals surface area contributed by atoms with E-state index in [0.717, 1.165) is 5.01 Å². The van der Waals surface area contributed by atoms with Gasteiger partial charge in [-0.15, -0.1) is 0 Å². The van der Waals surface area contributed by atoms with Crippen LogP contribution >= 0.6 is 0 Å². The van der Waals surface area contributed by atoms with Gasteiger partial charge in [0.15, 0.2) is 0 Å². The van der Waals surface area contributed by atoms with Gasteiger partial charge in [-0.05, 0) is 46.1 Å². The predicted octanol–water partition coefficient (Wildman–Crippen LogP) is 3.33. The summed E-state index contributed by atoms with van der Waals surface area (Å²) in [5, 5.41) is 1.12. The highest BCUT2D eigenvalue weighted by Gasteiger charge is 2.62. The lowest BCUT2D eigenvalue weighted by Gasteiger charge is -2.24. The van der Waals surface area contributed by atoms with Gasteiger partial charge in [0.25, 0.3) is 0 Å². The molecule has 1 heterocycles. The molecule has 0 aromatic heterocycles. The molecule has 1 amide bonds. The van der Waals surface area contributed by atoms with Gasteiger partial charge in [-0.3, -0.25) is 0 Å². The number of halogens is 3. The first-order chi connectivity index (χ1) is 10.0. The molecule has 8 heteroatoms. The molecule has 1 atom stereocenters. The summed E-state index contributed by atoms with van der Waals surface area (Å²) in [6, 6.07) is 0. The minimum absolute atomic E-state index is 0.0241. The quantitative estimate of drug-likeness (QED) is 0.862.